The van der Waals surface area contributed by atoms with Crippen LogP contribution in [0.5, 0.6) is 0 Å². The largest absolute Gasteiger partial charge is 0.369 e. The summed E-state index contributed by atoms with van der Waals surface area (Å²) in [5.74, 6) is 0. The summed E-state index contributed by atoms with van der Waals surface area (Å²) >= 11 is 5.97. The third-order valence-corrected chi connectivity index (χ3v) is 5.14. The van der Waals surface area contributed by atoms with Gasteiger partial charge in [0, 0.05) is 43.4 Å². The second-order valence-electron chi connectivity index (χ2n) is 6.49. The molecule has 0 amide bonds. The SMILES string of the molecule is Clc1ccc(CN2CCC(N3C=Cc4ccccc4C3)C2)cc1. The van der Waals surface area contributed by atoms with Crippen LogP contribution in [0, 0.1) is 0 Å². The fourth-order valence-electron chi connectivity index (χ4n) is 3.59. The Bertz CT molecular complexity index is 708. The van der Waals surface area contributed by atoms with E-state index in [0.717, 1.165) is 24.7 Å². The van der Waals surface area contributed by atoms with Gasteiger partial charge in [0.05, 0.1) is 0 Å². The highest BCUT2D eigenvalue weighted by Crippen LogP contribution is 2.25. The van der Waals surface area contributed by atoms with Gasteiger partial charge in [0.15, 0.2) is 0 Å². The van der Waals surface area contributed by atoms with E-state index in [1.54, 1.807) is 0 Å². The van der Waals surface area contributed by atoms with Gasteiger partial charge in [0.25, 0.3) is 0 Å². The molecule has 1 atom stereocenters. The number of fused-ring (bicyclic) bond motifs is 1. The van der Waals surface area contributed by atoms with Crippen LogP contribution in [0.15, 0.2) is 54.7 Å². The first-order valence-corrected chi connectivity index (χ1v) is 8.64. The molecular weight excluding hydrogens is 304 g/mol. The summed E-state index contributed by atoms with van der Waals surface area (Å²) in [6.07, 6.45) is 5.76. The van der Waals surface area contributed by atoms with Crippen LogP contribution in [-0.2, 0) is 13.1 Å². The number of hydrogen-bond acceptors (Lipinski definition) is 2. The summed E-state index contributed by atoms with van der Waals surface area (Å²) < 4.78 is 0. The summed E-state index contributed by atoms with van der Waals surface area (Å²) in [6, 6.07) is 17.5. The Morgan fingerprint density at radius 3 is 2.74 bits per heavy atom. The molecule has 1 fully saturated rings. The van der Waals surface area contributed by atoms with Crippen LogP contribution in [0.2, 0.25) is 5.02 Å². The normalized spacial score (nSPS) is 20.7. The van der Waals surface area contributed by atoms with Crippen LogP contribution in [0.4, 0.5) is 0 Å². The molecule has 0 spiro atoms. The van der Waals surface area contributed by atoms with Gasteiger partial charge in [-0.25, -0.2) is 0 Å². The topological polar surface area (TPSA) is 6.48 Å². The van der Waals surface area contributed by atoms with Gasteiger partial charge in [-0.3, -0.25) is 4.90 Å². The van der Waals surface area contributed by atoms with Gasteiger partial charge in [0.1, 0.15) is 0 Å². The van der Waals surface area contributed by atoms with E-state index in [1.165, 1.54) is 29.7 Å². The zero-order valence-corrected chi connectivity index (χ0v) is 13.9. The van der Waals surface area contributed by atoms with Crippen molar-refractivity contribution in [2.75, 3.05) is 13.1 Å². The van der Waals surface area contributed by atoms with Crippen molar-refractivity contribution < 1.29 is 0 Å². The summed E-state index contributed by atoms with van der Waals surface area (Å²) in [5.41, 5.74) is 4.14. The lowest BCUT2D eigenvalue weighted by Crippen LogP contribution is -2.34. The zero-order chi connectivity index (χ0) is 15.6. The molecule has 3 heteroatoms. The molecular formula is C20H21ClN2. The lowest BCUT2D eigenvalue weighted by atomic mass is 10.0. The molecule has 4 rings (SSSR count). The molecule has 2 aromatic rings. The van der Waals surface area contributed by atoms with Gasteiger partial charge >= 0.3 is 0 Å². The molecule has 2 aromatic carbocycles. The molecule has 2 heterocycles. The molecule has 2 aliphatic heterocycles. The van der Waals surface area contributed by atoms with Crippen molar-refractivity contribution >= 4 is 17.7 Å². The molecule has 1 saturated heterocycles. The standard InChI is InChI=1S/C20H21ClN2/c21-19-7-5-16(6-8-19)13-22-11-10-20(15-22)23-12-9-17-3-1-2-4-18(17)14-23/h1-9,12,20H,10-11,13-15H2. The molecule has 0 radical (unpaired) electrons. The van der Waals surface area contributed by atoms with Gasteiger partial charge in [-0.1, -0.05) is 48.0 Å². The number of rotatable bonds is 3. The third kappa shape index (κ3) is 3.29. The molecule has 0 aromatic heterocycles. The van der Waals surface area contributed by atoms with Crippen molar-refractivity contribution in [1.82, 2.24) is 9.80 Å². The minimum Gasteiger partial charge on any atom is -0.369 e. The van der Waals surface area contributed by atoms with Crippen molar-refractivity contribution in [2.24, 2.45) is 0 Å². The Morgan fingerprint density at radius 2 is 1.87 bits per heavy atom. The van der Waals surface area contributed by atoms with Crippen LogP contribution < -0.4 is 0 Å². The van der Waals surface area contributed by atoms with Gasteiger partial charge in [0.2, 0.25) is 0 Å². The van der Waals surface area contributed by atoms with E-state index in [1.807, 2.05) is 12.1 Å². The monoisotopic (exact) mass is 324 g/mol. The average Bonchev–Trinajstić information content (AvgIpc) is 3.05. The molecule has 0 saturated carbocycles. The molecule has 0 bridgehead atoms. The summed E-state index contributed by atoms with van der Waals surface area (Å²) in [5, 5.41) is 0.810. The Hall–Kier alpha value is -1.77. The molecule has 118 valence electrons. The first-order chi connectivity index (χ1) is 11.3. The first kappa shape index (κ1) is 14.8. The maximum atomic E-state index is 5.97. The highest BCUT2D eigenvalue weighted by Gasteiger charge is 2.27. The first-order valence-electron chi connectivity index (χ1n) is 8.26. The third-order valence-electron chi connectivity index (χ3n) is 4.89. The lowest BCUT2D eigenvalue weighted by Gasteiger charge is -2.31. The zero-order valence-electron chi connectivity index (χ0n) is 13.2. The molecule has 1 unspecified atom stereocenters. The van der Waals surface area contributed by atoms with Crippen LogP contribution in [0.3, 0.4) is 0 Å². The predicted octanol–water partition coefficient (Wildman–Crippen LogP) is 4.40. The number of nitrogens with zero attached hydrogens (tertiary/aromatic N) is 2. The lowest BCUT2D eigenvalue weighted by molar-refractivity contribution is 0.247. The highest BCUT2D eigenvalue weighted by molar-refractivity contribution is 6.30. The minimum absolute atomic E-state index is 0.618. The van der Waals surface area contributed by atoms with Gasteiger partial charge < -0.3 is 4.90 Å². The van der Waals surface area contributed by atoms with Crippen LogP contribution in [0.1, 0.15) is 23.1 Å². The highest BCUT2D eigenvalue weighted by atomic mass is 35.5. The fraction of sp³-hybridized carbons (Fsp3) is 0.300. The Morgan fingerprint density at radius 1 is 1.04 bits per heavy atom. The molecule has 0 N–H and O–H groups in total. The average molecular weight is 325 g/mol. The number of likely N-dealkylation sites (tertiary alicyclic amines) is 1. The van der Waals surface area contributed by atoms with Crippen molar-refractivity contribution in [2.45, 2.75) is 25.6 Å². The molecule has 2 aliphatic rings. The Labute approximate surface area is 143 Å². The maximum Gasteiger partial charge on any atom is 0.0433 e. The van der Waals surface area contributed by atoms with Crippen molar-refractivity contribution in [3.05, 3.63) is 76.4 Å². The van der Waals surface area contributed by atoms with E-state index in [9.17, 15) is 0 Å². The van der Waals surface area contributed by atoms with Crippen molar-refractivity contribution in [3.8, 4) is 0 Å². The number of hydrogen-bond donors (Lipinski definition) is 0. The van der Waals surface area contributed by atoms with Crippen LogP contribution in [-0.4, -0.2) is 28.9 Å². The Kier molecular flexibility index (Phi) is 4.11. The van der Waals surface area contributed by atoms with Crippen molar-refractivity contribution in [3.63, 3.8) is 0 Å². The van der Waals surface area contributed by atoms with E-state index in [2.05, 4.69) is 58.5 Å². The second kappa shape index (κ2) is 6.38. The van der Waals surface area contributed by atoms with E-state index in [-0.39, 0.29) is 0 Å². The smallest absolute Gasteiger partial charge is 0.0433 e. The predicted molar refractivity (Wildman–Crippen MR) is 96.2 cm³/mol. The number of halogens is 1. The van der Waals surface area contributed by atoms with Gasteiger partial charge in [-0.05, 0) is 41.3 Å². The van der Waals surface area contributed by atoms with Gasteiger partial charge in [-0.15, -0.1) is 0 Å². The van der Waals surface area contributed by atoms with Gasteiger partial charge in [-0.2, -0.15) is 0 Å². The minimum atomic E-state index is 0.618. The van der Waals surface area contributed by atoms with E-state index in [0.29, 0.717) is 6.04 Å². The fourth-order valence-corrected chi connectivity index (χ4v) is 3.72. The second-order valence-corrected chi connectivity index (χ2v) is 6.93. The molecule has 2 nitrogen and oxygen atoms in total. The maximum absolute atomic E-state index is 5.97. The Balaban J connectivity index is 1.38. The summed E-state index contributed by atoms with van der Waals surface area (Å²) in [7, 11) is 0. The van der Waals surface area contributed by atoms with Crippen LogP contribution >= 0.6 is 11.6 Å². The van der Waals surface area contributed by atoms with E-state index < -0.39 is 0 Å². The number of benzene rings is 2. The molecule has 0 aliphatic carbocycles. The molecule has 23 heavy (non-hydrogen) atoms. The van der Waals surface area contributed by atoms with Crippen LogP contribution in [0.25, 0.3) is 6.08 Å². The summed E-state index contributed by atoms with van der Waals surface area (Å²) in [6.45, 7) is 4.35. The van der Waals surface area contributed by atoms with E-state index in [4.69, 9.17) is 11.6 Å². The quantitative estimate of drug-likeness (QED) is 0.825. The summed E-state index contributed by atoms with van der Waals surface area (Å²) in [4.78, 5) is 5.05. The van der Waals surface area contributed by atoms with Crippen molar-refractivity contribution in [1.29, 1.82) is 0 Å². The van der Waals surface area contributed by atoms with E-state index >= 15 is 0 Å².